The number of amides is 1. The van der Waals surface area contributed by atoms with E-state index in [0.717, 1.165) is 51.0 Å². The minimum atomic E-state index is 0.315. The quantitative estimate of drug-likeness (QED) is 0.740. The Morgan fingerprint density at radius 1 is 1.50 bits per heavy atom. The molecule has 1 N–H and O–H groups in total. The molecule has 1 fully saturated rings. The van der Waals surface area contributed by atoms with Gasteiger partial charge in [0, 0.05) is 31.6 Å². The largest absolute Gasteiger partial charge is 0.472 e. The fourth-order valence-corrected chi connectivity index (χ4v) is 1.96. The highest BCUT2D eigenvalue weighted by Crippen LogP contribution is 2.09. The summed E-state index contributed by atoms with van der Waals surface area (Å²) in [6.45, 7) is 3.61. The Labute approximate surface area is 95.6 Å². The summed E-state index contributed by atoms with van der Waals surface area (Å²) in [5, 5.41) is 3.33. The van der Waals surface area contributed by atoms with E-state index < -0.39 is 0 Å². The van der Waals surface area contributed by atoms with Crippen LogP contribution in [0.1, 0.15) is 24.8 Å². The van der Waals surface area contributed by atoms with E-state index in [1.165, 1.54) is 0 Å². The first kappa shape index (κ1) is 11.2. The van der Waals surface area contributed by atoms with Gasteiger partial charge in [0.25, 0.3) is 0 Å². The van der Waals surface area contributed by atoms with Crippen molar-refractivity contribution in [1.29, 1.82) is 0 Å². The highest BCUT2D eigenvalue weighted by molar-refractivity contribution is 5.77. The minimum absolute atomic E-state index is 0.315. The lowest BCUT2D eigenvalue weighted by molar-refractivity contribution is -0.127. The Morgan fingerprint density at radius 3 is 3.12 bits per heavy atom. The molecule has 2 heterocycles. The molecular weight excluding hydrogens is 204 g/mol. The second kappa shape index (κ2) is 5.70. The fraction of sp³-hybridized carbons (Fsp3) is 0.583. The fourth-order valence-electron chi connectivity index (χ4n) is 1.96. The van der Waals surface area contributed by atoms with E-state index in [1.807, 2.05) is 11.0 Å². The topological polar surface area (TPSA) is 45.5 Å². The molecule has 0 aliphatic carbocycles. The maximum Gasteiger partial charge on any atom is 0.222 e. The average Bonchev–Trinajstić information content (AvgIpc) is 2.90. The predicted molar refractivity (Wildman–Crippen MR) is 60.8 cm³/mol. The smallest absolute Gasteiger partial charge is 0.222 e. The minimum Gasteiger partial charge on any atom is -0.472 e. The Balaban J connectivity index is 1.53. The van der Waals surface area contributed by atoms with Gasteiger partial charge in [-0.25, -0.2) is 0 Å². The molecule has 0 unspecified atom stereocenters. The Morgan fingerprint density at radius 2 is 2.44 bits per heavy atom. The molecule has 0 saturated carbocycles. The molecule has 2 rings (SSSR count). The maximum absolute atomic E-state index is 11.3. The summed E-state index contributed by atoms with van der Waals surface area (Å²) in [5.41, 5.74) is 1.16. The van der Waals surface area contributed by atoms with Gasteiger partial charge >= 0.3 is 0 Å². The van der Waals surface area contributed by atoms with Crippen molar-refractivity contribution in [2.75, 3.05) is 19.6 Å². The number of carbonyl (C=O) groups excluding carboxylic acids is 1. The molecule has 0 spiro atoms. The molecule has 4 heteroatoms. The molecule has 16 heavy (non-hydrogen) atoms. The van der Waals surface area contributed by atoms with Gasteiger partial charge in [0.1, 0.15) is 0 Å². The third kappa shape index (κ3) is 3.10. The van der Waals surface area contributed by atoms with Crippen LogP contribution in [-0.4, -0.2) is 30.4 Å². The number of furan rings is 1. The van der Waals surface area contributed by atoms with Crippen molar-refractivity contribution in [3.05, 3.63) is 24.2 Å². The number of hydrogen-bond acceptors (Lipinski definition) is 3. The lowest BCUT2D eigenvalue weighted by Crippen LogP contribution is -2.28. The van der Waals surface area contributed by atoms with Gasteiger partial charge in [-0.15, -0.1) is 0 Å². The van der Waals surface area contributed by atoms with Crippen LogP contribution in [0.3, 0.4) is 0 Å². The van der Waals surface area contributed by atoms with E-state index in [4.69, 9.17) is 4.42 Å². The summed E-state index contributed by atoms with van der Waals surface area (Å²) in [6.07, 6.45) is 6.21. The highest BCUT2D eigenvalue weighted by Gasteiger charge is 2.18. The van der Waals surface area contributed by atoms with E-state index in [-0.39, 0.29) is 0 Å². The SMILES string of the molecule is O=C1CCCN1CCCNCc1ccoc1. The molecule has 1 aromatic rings. The van der Waals surface area contributed by atoms with Crippen LogP contribution in [0, 0.1) is 0 Å². The van der Waals surface area contributed by atoms with Crippen molar-refractivity contribution in [2.45, 2.75) is 25.8 Å². The molecule has 1 aliphatic heterocycles. The summed E-state index contributed by atoms with van der Waals surface area (Å²) in [6, 6.07) is 1.96. The molecule has 0 atom stereocenters. The number of nitrogens with zero attached hydrogens (tertiary/aromatic N) is 1. The maximum atomic E-state index is 11.3. The second-order valence-corrected chi connectivity index (χ2v) is 4.15. The Hall–Kier alpha value is -1.29. The Bertz CT molecular complexity index is 322. The van der Waals surface area contributed by atoms with Crippen molar-refractivity contribution < 1.29 is 9.21 Å². The monoisotopic (exact) mass is 222 g/mol. The molecule has 0 aromatic carbocycles. The molecule has 1 aliphatic rings. The van der Waals surface area contributed by atoms with Crippen LogP contribution < -0.4 is 5.32 Å². The summed E-state index contributed by atoms with van der Waals surface area (Å²) >= 11 is 0. The summed E-state index contributed by atoms with van der Waals surface area (Å²) < 4.78 is 4.97. The zero-order chi connectivity index (χ0) is 11.2. The van der Waals surface area contributed by atoms with Gasteiger partial charge in [-0.05, 0) is 25.5 Å². The van der Waals surface area contributed by atoms with Gasteiger partial charge in [0.05, 0.1) is 12.5 Å². The molecule has 4 nitrogen and oxygen atoms in total. The first-order chi connectivity index (χ1) is 7.86. The lowest BCUT2D eigenvalue weighted by atomic mass is 10.3. The van der Waals surface area contributed by atoms with E-state index in [1.54, 1.807) is 12.5 Å². The van der Waals surface area contributed by atoms with Gasteiger partial charge in [0.2, 0.25) is 5.91 Å². The number of nitrogens with one attached hydrogen (secondary N) is 1. The third-order valence-electron chi connectivity index (χ3n) is 2.86. The summed E-state index contributed by atoms with van der Waals surface area (Å²) in [7, 11) is 0. The number of hydrogen-bond donors (Lipinski definition) is 1. The molecular formula is C12H18N2O2. The number of likely N-dealkylation sites (tertiary alicyclic amines) is 1. The van der Waals surface area contributed by atoms with Crippen LogP contribution >= 0.6 is 0 Å². The van der Waals surface area contributed by atoms with Gasteiger partial charge in [-0.1, -0.05) is 0 Å². The normalized spacial score (nSPS) is 16.0. The molecule has 1 saturated heterocycles. The van der Waals surface area contributed by atoms with Crippen molar-refractivity contribution in [3.63, 3.8) is 0 Å². The molecule has 0 radical (unpaired) electrons. The lowest BCUT2D eigenvalue weighted by Gasteiger charge is -2.15. The zero-order valence-electron chi connectivity index (χ0n) is 9.45. The van der Waals surface area contributed by atoms with Crippen LogP contribution in [0.15, 0.2) is 23.0 Å². The van der Waals surface area contributed by atoms with Crippen molar-refractivity contribution in [1.82, 2.24) is 10.2 Å². The molecule has 1 amide bonds. The number of carbonyl (C=O) groups is 1. The van der Waals surface area contributed by atoms with E-state index in [0.29, 0.717) is 5.91 Å². The van der Waals surface area contributed by atoms with Crippen LogP contribution in [0.5, 0.6) is 0 Å². The first-order valence-electron chi connectivity index (χ1n) is 5.86. The van der Waals surface area contributed by atoms with E-state index in [2.05, 4.69) is 5.32 Å². The van der Waals surface area contributed by atoms with Crippen molar-refractivity contribution in [3.8, 4) is 0 Å². The van der Waals surface area contributed by atoms with Gasteiger partial charge in [0.15, 0.2) is 0 Å². The molecule has 1 aromatic heterocycles. The summed E-state index contributed by atoms with van der Waals surface area (Å²) in [5.74, 6) is 0.315. The molecule has 0 bridgehead atoms. The second-order valence-electron chi connectivity index (χ2n) is 4.15. The standard InChI is InChI=1S/C12H18N2O2/c15-12-3-1-6-14(12)7-2-5-13-9-11-4-8-16-10-11/h4,8,10,13H,1-3,5-7,9H2. The third-order valence-corrected chi connectivity index (χ3v) is 2.86. The van der Waals surface area contributed by atoms with E-state index >= 15 is 0 Å². The van der Waals surface area contributed by atoms with Gasteiger partial charge in [-0.3, -0.25) is 4.79 Å². The number of rotatable bonds is 6. The Kier molecular flexibility index (Phi) is 3.99. The van der Waals surface area contributed by atoms with Crippen LogP contribution in [-0.2, 0) is 11.3 Å². The highest BCUT2D eigenvalue weighted by atomic mass is 16.3. The average molecular weight is 222 g/mol. The van der Waals surface area contributed by atoms with Gasteiger partial charge < -0.3 is 14.6 Å². The van der Waals surface area contributed by atoms with Crippen molar-refractivity contribution in [2.24, 2.45) is 0 Å². The summed E-state index contributed by atoms with van der Waals surface area (Å²) in [4.78, 5) is 13.3. The van der Waals surface area contributed by atoms with Crippen LogP contribution in [0.2, 0.25) is 0 Å². The van der Waals surface area contributed by atoms with Crippen molar-refractivity contribution >= 4 is 5.91 Å². The van der Waals surface area contributed by atoms with Crippen LogP contribution in [0.25, 0.3) is 0 Å². The first-order valence-corrected chi connectivity index (χ1v) is 5.86. The van der Waals surface area contributed by atoms with Crippen LogP contribution in [0.4, 0.5) is 0 Å². The zero-order valence-corrected chi connectivity index (χ0v) is 9.45. The van der Waals surface area contributed by atoms with E-state index in [9.17, 15) is 4.79 Å². The molecule has 88 valence electrons. The predicted octanol–water partition coefficient (Wildman–Crippen LogP) is 1.38. The van der Waals surface area contributed by atoms with Gasteiger partial charge in [-0.2, -0.15) is 0 Å².